The van der Waals surface area contributed by atoms with Gasteiger partial charge in [-0.15, -0.1) is 11.3 Å². The number of anilines is 2. The van der Waals surface area contributed by atoms with Crippen molar-refractivity contribution in [3.63, 3.8) is 0 Å². The van der Waals surface area contributed by atoms with Crippen molar-refractivity contribution < 1.29 is 9.59 Å². The van der Waals surface area contributed by atoms with Gasteiger partial charge in [0, 0.05) is 25.0 Å². The predicted molar refractivity (Wildman–Crippen MR) is 115 cm³/mol. The Balaban J connectivity index is 1.62. The molecule has 5 nitrogen and oxygen atoms in total. The van der Waals surface area contributed by atoms with Gasteiger partial charge in [0.1, 0.15) is 0 Å². The molecule has 3 aromatic rings. The number of aryl methyl sites for hydroxylation is 2. The number of urea groups is 1. The molecule has 0 saturated heterocycles. The molecule has 6 heteroatoms. The summed E-state index contributed by atoms with van der Waals surface area (Å²) in [6, 6.07) is 16.7. The Morgan fingerprint density at radius 1 is 0.964 bits per heavy atom. The van der Waals surface area contributed by atoms with Gasteiger partial charge in [-0.3, -0.25) is 4.79 Å². The van der Waals surface area contributed by atoms with Gasteiger partial charge < -0.3 is 15.5 Å². The van der Waals surface area contributed by atoms with Crippen molar-refractivity contribution in [2.24, 2.45) is 0 Å². The zero-order valence-electron chi connectivity index (χ0n) is 16.2. The maximum Gasteiger partial charge on any atom is 0.321 e. The fourth-order valence-electron chi connectivity index (χ4n) is 2.84. The van der Waals surface area contributed by atoms with Crippen molar-refractivity contribution in [1.82, 2.24) is 4.90 Å². The molecule has 1 aromatic heterocycles. The third-order valence-corrected chi connectivity index (χ3v) is 5.24. The zero-order valence-corrected chi connectivity index (χ0v) is 17.0. The van der Waals surface area contributed by atoms with Gasteiger partial charge in [-0.1, -0.05) is 35.9 Å². The number of nitrogens with zero attached hydrogens (tertiary/aromatic N) is 1. The average molecular weight is 394 g/mol. The van der Waals surface area contributed by atoms with Gasteiger partial charge in [0.25, 0.3) is 5.91 Å². The lowest BCUT2D eigenvalue weighted by Crippen LogP contribution is -2.31. The van der Waals surface area contributed by atoms with E-state index in [2.05, 4.69) is 29.7 Å². The largest absolute Gasteiger partial charge is 0.323 e. The number of thiophene rings is 1. The molecule has 1 heterocycles. The molecule has 3 rings (SSSR count). The molecule has 2 aromatic carbocycles. The molecular formula is C22H23N3O2S. The Bertz CT molecular complexity index is 983. The fraction of sp³-hybridized carbons (Fsp3) is 0.182. The average Bonchev–Trinajstić information content (AvgIpc) is 3.19. The topological polar surface area (TPSA) is 61.4 Å². The summed E-state index contributed by atoms with van der Waals surface area (Å²) in [5.41, 5.74) is 4.74. The van der Waals surface area contributed by atoms with E-state index in [4.69, 9.17) is 0 Å². The first-order valence-corrected chi connectivity index (χ1v) is 9.83. The van der Waals surface area contributed by atoms with Crippen LogP contribution in [0.5, 0.6) is 0 Å². The minimum atomic E-state index is -0.207. The number of benzene rings is 2. The third-order valence-electron chi connectivity index (χ3n) is 4.37. The monoisotopic (exact) mass is 393 g/mol. The summed E-state index contributed by atoms with van der Waals surface area (Å²) in [6.45, 7) is 4.62. The van der Waals surface area contributed by atoms with Crippen molar-refractivity contribution in [2.75, 3.05) is 17.7 Å². The lowest BCUT2D eigenvalue weighted by molar-refractivity contribution is 0.103. The highest BCUT2D eigenvalue weighted by atomic mass is 32.1. The van der Waals surface area contributed by atoms with Crippen molar-refractivity contribution in [3.05, 3.63) is 81.5 Å². The first-order valence-electron chi connectivity index (χ1n) is 8.95. The van der Waals surface area contributed by atoms with Gasteiger partial charge in [-0.05, 0) is 54.6 Å². The molecule has 2 N–H and O–H groups in total. The first-order chi connectivity index (χ1) is 13.4. The van der Waals surface area contributed by atoms with Crippen LogP contribution in [0.3, 0.4) is 0 Å². The van der Waals surface area contributed by atoms with Gasteiger partial charge >= 0.3 is 6.03 Å². The molecule has 0 unspecified atom stereocenters. The molecule has 0 fully saturated rings. The number of hydrogen-bond donors (Lipinski definition) is 2. The molecular weight excluding hydrogens is 370 g/mol. The van der Waals surface area contributed by atoms with Crippen molar-refractivity contribution in [2.45, 2.75) is 20.4 Å². The van der Waals surface area contributed by atoms with E-state index < -0.39 is 0 Å². The summed E-state index contributed by atoms with van der Waals surface area (Å²) >= 11 is 1.38. The predicted octanol–water partition coefficient (Wildman–Crippen LogP) is 5.28. The number of rotatable bonds is 5. The van der Waals surface area contributed by atoms with Gasteiger partial charge in [-0.25, -0.2) is 4.79 Å². The number of carbonyl (C=O) groups excluding carboxylic acids is 2. The molecule has 0 aliphatic heterocycles. The minimum Gasteiger partial charge on any atom is -0.323 e. The van der Waals surface area contributed by atoms with E-state index in [1.165, 1.54) is 16.9 Å². The second kappa shape index (κ2) is 8.71. The van der Waals surface area contributed by atoms with Crippen LogP contribution in [0.25, 0.3) is 0 Å². The minimum absolute atomic E-state index is 0.162. The van der Waals surface area contributed by atoms with E-state index in [0.717, 1.165) is 11.1 Å². The summed E-state index contributed by atoms with van der Waals surface area (Å²) in [5, 5.41) is 7.58. The Morgan fingerprint density at radius 3 is 2.39 bits per heavy atom. The standard InChI is InChI=1S/C22H23N3O2S/c1-15-9-10-17(16(2)12-15)14-25(3)22(27)24-19-7-4-6-18(13-19)23-21(26)20-8-5-11-28-20/h4-13H,14H2,1-3H3,(H,23,26)(H,24,27). The van der Waals surface area contributed by atoms with Gasteiger partial charge in [0.15, 0.2) is 0 Å². The van der Waals surface area contributed by atoms with Crippen LogP contribution in [0.2, 0.25) is 0 Å². The Kier molecular flexibility index (Phi) is 6.11. The number of hydrogen-bond acceptors (Lipinski definition) is 3. The Hall–Kier alpha value is -3.12. The quantitative estimate of drug-likeness (QED) is 0.619. The molecule has 0 atom stereocenters. The van der Waals surface area contributed by atoms with Crippen LogP contribution in [0.15, 0.2) is 60.0 Å². The lowest BCUT2D eigenvalue weighted by Gasteiger charge is -2.19. The molecule has 28 heavy (non-hydrogen) atoms. The molecule has 0 spiro atoms. The maximum absolute atomic E-state index is 12.5. The molecule has 0 radical (unpaired) electrons. The Labute approximate surface area is 169 Å². The summed E-state index contributed by atoms with van der Waals surface area (Å²) in [7, 11) is 1.76. The first kappa shape index (κ1) is 19.6. The summed E-state index contributed by atoms with van der Waals surface area (Å²) in [5.74, 6) is -0.162. The van der Waals surface area contributed by atoms with E-state index >= 15 is 0 Å². The molecule has 144 valence electrons. The van der Waals surface area contributed by atoms with Gasteiger partial charge in [-0.2, -0.15) is 0 Å². The van der Waals surface area contributed by atoms with E-state index in [0.29, 0.717) is 22.8 Å². The molecule has 0 bridgehead atoms. The maximum atomic E-state index is 12.5. The highest BCUT2D eigenvalue weighted by molar-refractivity contribution is 7.12. The molecule has 3 amide bonds. The molecule has 0 aliphatic rings. The lowest BCUT2D eigenvalue weighted by atomic mass is 10.1. The second-order valence-electron chi connectivity index (χ2n) is 6.73. The normalized spacial score (nSPS) is 10.4. The van der Waals surface area contributed by atoms with Crippen LogP contribution in [0.4, 0.5) is 16.2 Å². The van der Waals surface area contributed by atoms with Crippen molar-refractivity contribution in [1.29, 1.82) is 0 Å². The van der Waals surface area contributed by atoms with Gasteiger partial charge in [0.2, 0.25) is 0 Å². The van der Waals surface area contributed by atoms with Crippen LogP contribution >= 0.6 is 11.3 Å². The van der Waals surface area contributed by atoms with E-state index in [1.54, 1.807) is 42.3 Å². The summed E-state index contributed by atoms with van der Waals surface area (Å²) in [6.07, 6.45) is 0. The zero-order chi connectivity index (χ0) is 20.1. The fourth-order valence-corrected chi connectivity index (χ4v) is 3.46. The third kappa shape index (κ3) is 4.98. The SMILES string of the molecule is Cc1ccc(CN(C)C(=O)Nc2cccc(NC(=O)c3cccs3)c2)c(C)c1. The second-order valence-corrected chi connectivity index (χ2v) is 7.68. The number of nitrogens with one attached hydrogen (secondary N) is 2. The summed E-state index contributed by atoms with van der Waals surface area (Å²) < 4.78 is 0. The number of amides is 3. The van der Waals surface area contributed by atoms with Crippen molar-refractivity contribution in [3.8, 4) is 0 Å². The van der Waals surface area contributed by atoms with Crippen molar-refractivity contribution >= 4 is 34.6 Å². The van der Waals surface area contributed by atoms with Crippen LogP contribution in [0, 0.1) is 13.8 Å². The molecule has 0 saturated carbocycles. The summed E-state index contributed by atoms with van der Waals surface area (Å²) in [4.78, 5) is 27.0. The Morgan fingerprint density at radius 2 is 1.71 bits per heavy atom. The highest BCUT2D eigenvalue weighted by Gasteiger charge is 2.12. The van der Waals surface area contributed by atoms with Crippen LogP contribution in [0.1, 0.15) is 26.4 Å². The van der Waals surface area contributed by atoms with E-state index in [1.807, 2.05) is 24.4 Å². The van der Waals surface area contributed by atoms with Crippen LogP contribution in [-0.2, 0) is 6.54 Å². The van der Waals surface area contributed by atoms with Crippen LogP contribution in [-0.4, -0.2) is 23.9 Å². The van der Waals surface area contributed by atoms with Crippen LogP contribution < -0.4 is 10.6 Å². The number of carbonyl (C=O) groups is 2. The highest BCUT2D eigenvalue weighted by Crippen LogP contribution is 2.19. The molecule has 0 aliphatic carbocycles. The van der Waals surface area contributed by atoms with E-state index in [9.17, 15) is 9.59 Å². The van der Waals surface area contributed by atoms with E-state index in [-0.39, 0.29) is 11.9 Å². The smallest absolute Gasteiger partial charge is 0.321 e. The van der Waals surface area contributed by atoms with Gasteiger partial charge in [0.05, 0.1) is 4.88 Å².